The summed E-state index contributed by atoms with van der Waals surface area (Å²) in [5, 5.41) is 13.6. The summed E-state index contributed by atoms with van der Waals surface area (Å²) in [7, 11) is 3.18. The Balaban J connectivity index is 2.15. The zero-order valence-corrected chi connectivity index (χ0v) is 16.0. The number of nitrogens with one attached hydrogen (secondary N) is 1. The van der Waals surface area contributed by atoms with Crippen molar-refractivity contribution < 1.29 is 9.47 Å². The number of benzene rings is 2. The van der Waals surface area contributed by atoms with E-state index in [0.29, 0.717) is 39.4 Å². The van der Waals surface area contributed by atoms with Crippen molar-refractivity contribution in [3.05, 3.63) is 54.1 Å². The van der Waals surface area contributed by atoms with E-state index in [9.17, 15) is 5.26 Å². The number of thioether (sulfide) groups is 1. The Morgan fingerprint density at radius 3 is 2.44 bits per heavy atom. The van der Waals surface area contributed by atoms with Crippen LogP contribution in [0.5, 0.6) is 11.5 Å². The number of nitrogens with zero attached hydrogens (tertiary/aromatic N) is 3. The Bertz CT molecular complexity index is 987. The van der Waals surface area contributed by atoms with Crippen LogP contribution in [-0.2, 0) is 0 Å². The first kappa shape index (κ1) is 18.5. The Labute approximate surface area is 162 Å². The van der Waals surface area contributed by atoms with Gasteiger partial charge in [0.25, 0.3) is 0 Å². The van der Waals surface area contributed by atoms with Crippen molar-refractivity contribution in [1.82, 2.24) is 9.97 Å². The van der Waals surface area contributed by atoms with E-state index < -0.39 is 0 Å². The molecule has 27 heavy (non-hydrogen) atoms. The van der Waals surface area contributed by atoms with Gasteiger partial charge in [0.05, 0.1) is 25.6 Å². The minimum absolute atomic E-state index is 0.365. The fraction of sp³-hybridized carbons (Fsp3) is 0.150. The van der Waals surface area contributed by atoms with E-state index in [2.05, 4.69) is 21.4 Å². The van der Waals surface area contributed by atoms with Gasteiger partial charge < -0.3 is 14.8 Å². The van der Waals surface area contributed by atoms with Gasteiger partial charge in [-0.15, -0.1) is 0 Å². The van der Waals surface area contributed by atoms with Crippen LogP contribution in [0, 0.1) is 11.3 Å². The molecule has 0 aliphatic heterocycles. The first-order valence-electron chi connectivity index (χ1n) is 8.10. The van der Waals surface area contributed by atoms with Crippen LogP contribution in [0.4, 0.5) is 11.5 Å². The number of hydrogen-bond donors (Lipinski definition) is 1. The lowest BCUT2D eigenvalue weighted by molar-refractivity contribution is 0.405. The standard InChI is InChI=1S/C20H18N4O2S/c1-25-14-9-10-17(26-2)16(11-14)22-19-15(12-21)18(23-20(24-19)27-3)13-7-5-4-6-8-13/h4-11H,1-3H3,(H,22,23,24). The molecule has 1 aromatic heterocycles. The molecule has 1 heterocycles. The lowest BCUT2D eigenvalue weighted by Gasteiger charge is -2.15. The average molecular weight is 378 g/mol. The maximum absolute atomic E-state index is 9.80. The van der Waals surface area contributed by atoms with Gasteiger partial charge in [-0.1, -0.05) is 42.1 Å². The highest BCUT2D eigenvalue weighted by molar-refractivity contribution is 7.98. The van der Waals surface area contributed by atoms with Crippen molar-refractivity contribution in [1.29, 1.82) is 5.26 Å². The maximum Gasteiger partial charge on any atom is 0.189 e. The summed E-state index contributed by atoms with van der Waals surface area (Å²) in [4.78, 5) is 9.04. The van der Waals surface area contributed by atoms with Gasteiger partial charge in [0.2, 0.25) is 0 Å². The lowest BCUT2D eigenvalue weighted by atomic mass is 10.1. The number of aromatic nitrogens is 2. The number of rotatable bonds is 6. The highest BCUT2D eigenvalue weighted by atomic mass is 32.2. The predicted molar refractivity (Wildman–Crippen MR) is 107 cm³/mol. The Morgan fingerprint density at radius 2 is 1.81 bits per heavy atom. The number of hydrogen-bond acceptors (Lipinski definition) is 7. The second-order valence-corrected chi connectivity index (χ2v) is 6.22. The fourth-order valence-corrected chi connectivity index (χ4v) is 2.94. The molecule has 0 radical (unpaired) electrons. The molecule has 0 amide bonds. The van der Waals surface area contributed by atoms with Crippen LogP contribution >= 0.6 is 11.8 Å². The molecule has 0 fully saturated rings. The highest BCUT2D eigenvalue weighted by Crippen LogP contribution is 2.34. The first-order chi connectivity index (χ1) is 13.2. The fourth-order valence-electron chi connectivity index (χ4n) is 2.57. The van der Waals surface area contributed by atoms with Crippen LogP contribution in [0.2, 0.25) is 0 Å². The van der Waals surface area contributed by atoms with Gasteiger partial charge in [-0.3, -0.25) is 0 Å². The zero-order chi connectivity index (χ0) is 19.2. The number of ether oxygens (including phenoxy) is 2. The van der Waals surface area contributed by atoms with E-state index in [0.717, 1.165) is 5.56 Å². The molecule has 3 rings (SSSR count). The molecule has 0 bridgehead atoms. The van der Waals surface area contributed by atoms with Crippen molar-refractivity contribution in [2.45, 2.75) is 5.16 Å². The molecule has 0 saturated carbocycles. The van der Waals surface area contributed by atoms with Crippen molar-refractivity contribution in [3.8, 4) is 28.8 Å². The van der Waals surface area contributed by atoms with Crippen LogP contribution in [0.15, 0.2) is 53.7 Å². The quantitative estimate of drug-likeness (QED) is 0.500. The Kier molecular flexibility index (Phi) is 5.79. The van der Waals surface area contributed by atoms with Crippen molar-refractivity contribution in [2.75, 3.05) is 25.8 Å². The summed E-state index contributed by atoms with van der Waals surface area (Å²) in [5.41, 5.74) is 2.45. The Morgan fingerprint density at radius 1 is 1.04 bits per heavy atom. The third-order valence-corrected chi connectivity index (χ3v) is 4.44. The number of anilines is 2. The largest absolute Gasteiger partial charge is 0.497 e. The summed E-state index contributed by atoms with van der Waals surface area (Å²) in [6, 6.07) is 17.2. The SMILES string of the molecule is COc1ccc(OC)c(Nc2nc(SC)nc(-c3ccccc3)c2C#N)c1. The van der Waals surface area contributed by atoms with Gasteiger partial charge in [0.15, 0.2) is 11.0 Å². The van der Waals surface area contributed by atoms with Crippen LogP contribution in [0.1, 0.15) is 5.56 Å². The smallest absolute Gasteiger partial charge is 0.189 e. The van der Waals surface area contributed by atoms with Crippen LogP contribution in [0.3, 0.4) is 0 Å². The first-order valence-corrected chi connectivity index (χ1v) is 9.33. The summed E-state index contributed by atoms with van der Waals surface area (Å²) >= 11 is 1.41. The molecular formula is C20H18N4O2S. The van der Waals surface area contributed by atoms with Gasteiger partial charge in [0.1, 0.15) is 23.1 Å². The normalized spacial score (nSPS) is 10.1. The minimum atomic E-state index is 0.365. The molecule has 2 aromatic carbocycles. The number of nitriles is 1. The van der Waals surface area contributed by atoms with Crippen LogP contribution in [-0.4, -0.2) is 30.4 Å². The summed E-state index contributed by atoms with van der Waals surface area (Å²) < 4.78 is 10.7. The summed E-state index contributed by atoms with van der Waals surface area (Å²) in [6.07, 6.45) is 1.89. The van der Waals surface area contributed by atoms with Gasteiger partial charge in [-0.25, -0.2) is 9.97 Å². The molecule has 1 N–H and O–H groups in total. The lowest BCUT2D eigenvalue weighted by Crippen LogP contribution is -2.04. The molecule has 3 aromatic rings. The highest BCUT2D eigenvalue weighted by Gasteiger charge is 2.17. The van der Waals surface area contributed by atoms with E-state index in [4.69, 9.17) is 9.47 Å². The second-order valence-electron chi connectivity index (χ2n) is 5.45. The van der Waals surface area contributed by atoms with E-state index in [1.807, 2.05) is 36.6 Å². The van der Waals surface area contributed by atoms with Gasteiger partial charge in [-0.2, -0.15) is 5.26 Å². The molecule has 136 valence electrons. The monoisotopic (exact) mass is 378 g/mol. The van der Waals surface area contributed by atoms with Gasteiger partial charge in [0, 0.05) is 11.6 Å². The second kappa shape index (κ2) is 8.43. The molecule has 0 spiro atoms. The predicted octanol–water partition coefficient (Wildman–Crippen LogP) is 4.50. The zero-order valence-electron chi connectivity index (χ0n) is 15.2. The molecule has 0 atom stereocenters. The number of methoxy groups -OCH3 is 2. The molecule has 0 aliphatic rings. The van der Waals surface area contributed by atoms with Crippen molar-refractivity contribution in [2.24, 2.45) is 0 Å². The van der Waals surface area contributed by atoms with Crippen LogP contribution < -0.4 is 14.8 Å². The summed E-state index contributed by atoms with van der Waals surface area (Å²) in [6.45, 7) is 0. The molecule has 7 heteroatoms. The molecule has 0 unspecified atom stereocenters. The van der Waals surface area contributed by atoms with Crippen molar-refractivity contribution in [3.63, 3.8) is 0 Å². The van der Waals surface area contributed by atoms with Crippen LogP contribution in [0.25, 0.3) is 11.3 Å². The third kappa shape index (κ3) is 3.96. The maximum atomic E-state index is 9.80. The van der Waals surface area contributed by atoms with E-state index in [-0.39, 0.29) is 0 Å². The molecule has 0 saturated heterocycles. The molecule has 0 aliphatic carbocycles. The van der Waals surface area contributed by atoms with Crippen molar-refractivity contribution >= 4 is 23.3 Å². The van der Waals surface area contributed by atoms with E-state index >= 15 is 0 Å². The molecule has 6 nitrogen and oxygen atoms in total. The third-order valence-electron chi connectivity index (χ3n) is 3.89. The Hall–Kier alpha value is -3.24. The molecular weight excluding hydrogens is 360 g/mol. The van der Waals surface area contributed by atoms with Gasteiger partial charge in [-0.05, 0) is 18.4 Å². The topological polar surface area (TPSA) is 80.1 Å². The summed E-state index contributed by atoms with van der Waals surface area (Å²) in [5.74, 6) is 1.70. The van der Waals surface area contributed by atoms with E-state index in [1.165, 1.54) is 11.8 Å². The van der Waals surface area contributed by atoms with Gasteiger partial charge >= 0.3 is 0 Å². The minimum Gasteiger partial charge on any atom is -0.497 e. The van der Waals surface area contributed by atoms with E-state index in [1.54, 1.807) is 32.4 Å². The average Bonchev–Trinajstić information content (AvgIpc) is 2.73.